The molecule has 2 rings (SSSR count). The van der Waals surface area contributed by atoms with Gasteiger partial charge in [0.05, 0.1) is 25.4 Å². The molecule has 0 bridgehead atoms. The lowest BCUT2D eigenvalue weighted by atomic mass is 9.98. The third kappa shape index (κ3) is 4.30. The number of fused-ring (bicyclic) bond motifs is 1. The smallest absolute Gasteiger partial charge is 0.0769 e. The van der Waals surface area contributed by atoms with Gasteiger partial charge in [0.25, 0.3) is 0 Å². The van der Waals surface area contributed by atoms with Crippen LogP contribution in [0.15, 0.2) is 24.3 Å². The summed E-state index contributed by atoms with van der Waals surface area (Å²) in [5.74, 6) is 0.571. The van der Waals surface area contributed by atoms with Crippen LogP contribution >= 0.6 is 0 Å². The first kappa shape index (κ1) is 15.5. The molecule has 1 aliphatic rings. The topological polar surface area (TPSA) is 44.5 Å². The lowest BCUT2D eigenvalue weighted by Crippen LogP contribution is -2.29. The Hall–Kier alpha value is -0.900. The highest BCUT2D eigenvalue weighted by molar-refractivity contribution is 5.31. The number of aryl methyl sites for hydroxylation is 1. The summed E-state index contributed by atoms with van der Waals surface area (Å²) in [6, 6.07) is 8.46. The largest absolute Gasteiger partial charge is 0.379 e. The molecule has 112 valence electrons. The summed E-state index contributed by atoms with van der Waals surface area (Å²) in [5, 5.41) is 0. The zero-order valence-corrected chi connectivity index (χ0v) is 12.7. The van der Waals surface area contributed by atoms with Gasteiger partial charge in [-0.25, -0.2) is 0 Å². The molecule has 2 N–H and O–H groups in total. The summed E-state index contributed by atoms with van der Waals surface area (Å²) in [6.45, 7) is 6.39. The van der Waals surface area contributed by atoms with Gasteiger partial charge in [0.15, 0.2) is 0 Å². The molecule has 2 unspecified atom stereocenters. The van der Waals surface area contributed by atoms with Crippen molar-refractivity contribution in [3.05, 3.63) is 35.4 Å². The third-order valence-electron chi connectivity index (χ3n) is 3.76. The van der Waals surface area contributed by atoms with Crippen molar-refractivity contribution in [2.45, 2.75) is 45.3 Å². The molecular formula is C17H27NO2. The molecule has 2 atom stereocenters. The minimum absolute atomic E-state index is 0.0150. The molecule has 1 aromatic rings. The molecule has 0 heterocycles. The Morgan fingerprint density at radius 3 is 2.85 bits per heavy atom. The zero-order chi connectivity index (χ0) is 14.4. The van der Waals surface area contributed by atoms with Crippen LogP contribution in [0.5, 0.6) is 0 Å². The lowest BCUT2D eigenvalue weighted by molar-refractivity contribution is -0.0138. The average molecular weight is 277 g/mol. The summed E-state index contributed by atoms with van der Waals surface area (Å²) in [7, 11) is 0. The summed E-state index contributed by atoms with van der Waals surface area (Å²) in [6.07, 6.45) is 3.39. The van der Waals surface area contributed by atoms with E-state index >= 15 is 0 Å². The van der Waals surface area contributed by atoms with Gasteiger partial charge in [0.1, 0.15) is 0 Å². The first-order valence-electron chi connectivity index (χ1n) is 7.71. The molecular weight excluding hydrogens is 250 g/mol. The maximum Gasteiger partial charge on any atom is 0.0769 e. The van der Waals surface area contributed by atoms with E-state index in [4.69, 9.17) is 15.2 Å². The van der Waals surface area contributed by atoms with Crippen molar-refractivity contribution >= 4 is 0 Å². The molecule has 1 aliphatic carbocycles. The highest BCUT2D eigenvalue weighted by Crippen LogP contribution is 2.28. The van der Waals surface area contributed by atoms with Gasteiger partial charge in [-0.05, 0) is 36.3 Å². The van der Waals surface area contributed by atoms with Gasteiger partial charge in [-0.15, -0.1) is 0 Å². The van der Waals surface area contributed by atoms with Crippen molar-refractivity contribution in [3.8, 4) is 0 Å². The summed E-state index contributed by atoms with van der Waals surface area (Å²) in [4.78, 5) is 0. The molecule has 3 heteroatoms. The molecule has 0 radical (unpaired) electrons. The van der Waals surface area contributed by atoms with Crippen molar-refractivity contribution < 1.29 is 9.47 Å². The Morgan fingerprint density at radius 1 is 1.25 bits per heavy atom. The fraction of sp³-hybridized carbons (Fsp3) is 0.647. The minimum atomic E-state index is -0.0150. The molecule has 0 saturated carbocycles. The average Bonchev–Trinajstić information content (AvgIpc) is 2.59. The Bertz CT molecular complexity index is 406. The lowest BCUT2D eigenvalue weighted by Gasteiger charge is -2.23. The van der Waals surface area contributed by atoms with Crippen molar-refractivity contribution in [3.63, 3.8) is 0 Å². The van der Waals surface area contributed by atoms with Crippen molar-refractivity contribution in [1.82, 2.24) is 0 Å². The minimum Gasteiger partial charge on any atom is -0.379 e. The van der Waals surface area contributed by atoms with Gasteiger partial charge in [0, 0.05) is 6.61 Å². The molecule has 1 aromatic carbocycles. The molecule has 3 nitrogen and oxygen atoms in total. The second-order valence-electron chi connectivity index (χ2n) is 5.99. The predicted octanol–water partition coefficient (Wildman–Crippen LogP) is 3.08. The monoisotopic (exact) mass is 277 g/mol. The van der Waals surface area contributed by atoms with Gasteiger partial charge in [-0.3, -0.25) is 0 Å². The van der Waals surface area contributed by atoms with Crippen LogP contribution in [0.4, 0.5) is 0 Å². The molecule has 20 heavy (non-hydrogen) atoms. The van der Waals surface area contributed by atoms with Crippen LogP contribution in [0.25, 0.3) is 0 Å². The van der Waals surface area contributed by atoms with Crippen LogP contribution in [0.3, 0.4) is 0 Å². The van der Waals surface area contributed by atoms with E-state index in [9.17, 15) is 0 Å². The second-order valence-corrected chi connectivity index (χ2v) is 5.99. The number of ether oxygens (including phenoxy) is 2. The van der Waals surface area contributed by atoms with Gasteiger partial charge in [0.2, 0.25) is 0 Å². The summed E-state index contributed by atoms with van der Waals surface area (Å²) < 4.78 is 11.5. The SMILES string of the molecule is CC(C)COCCOC1CCCc2ccccc2C1N. The Balaban J connectivity index is 1.83. The molecule has 0 amide bonds. The molecule has 0 fully saturated rings. The molecule has 0 spiro atoms. The highest BCUT2D eigenvalue weighted by atomic mass is 16.5. The molecule has 0 aromatic heterocycles. The van der Waals surface area contributed by atoms with Gasteiger partial charge < -0.3 is 15.2 Å². The number of hydrogen-bond acceptors (Lipinski definition) is 3. The van der Waals surface area contributed by atoms with E-state index in [2.05, 4.69) is 38.1 Å². The van der Waals surface area contributed by atoms with Gasteiger partial charge >= 0.3 is 0 Å². The van der Waals surface area contributed by atoms with E-state index in [1.54, 1.807) is 0 Å². The van der Waals surface area contributed by atoms with Crippen LogP contribution in [-0.4, -0.2) is 25.9 Å². The number of hydrogen-bond donors (Lipinski definition) is 1. The first-order chi connectivity index (χ1) is 9.68. The Labute approximate surface area is 122 Å². The third-order valence-corrected chi connectivity index (χ3v) is 3.76. The second kappa shape index (κ2) is 7.77. The van der Waals surface area contributed by atoms with Crippen LogP contribution in [0.2, 0.25) is 0 Å². The zero-order valence-electron chi connectivity index (χ0n) is 12.7. The van der Waals surface area contributed by atoms with Gasteiger partial charge in [-0.1, -0.05) is 38.1 Å². The quantitative estimate of drug-likeness (QED) is 0.642. The Morgan fingerprint density at radius 2 is 2.05 bits per heavy atom. The van der Waals surface area contributed by atoms with Gasteiger partial charge in [-0.2, -0.15) is 0 Å². The van der Waals surface area contributed by atoms with Crippen molar-refractivity contribution in [2.24, 2.45) is 11.7 Å². The van der Waals surface area contributed by atoms with E-state index in [0.717, 1.165) is 25.9 Å². The van der Waals surface area contributed by atoms with E-state index in [1.165, 1.54) is 11.1 Å². The predicted molar refractivity (Wildman–Crippen MR) is 81.7 cm³/mol. The fourth-order valence-corrected chi connectivity index (χ4v) is 2.73. The van der Waals surface area contributed by atoms with Crippen molar-refractivity contribution in [2.75, 3.05) is 19.8 Å². The standard InChI is InChI=1S/C17H27NO2/c1-13(2)12-19-10-11-20-16-9-5-7-14-6-3-4-8-15(14)17(16)18/h3-4,6,8,13,16-17H,5,7,9-12,18H2,1-2H3. The van der Waals surface area contributed by atoms with Crippen LogP contribution in [0, 0.1) is 5.92 Å². The normalized spacial score (nSPS) is 22.6. The number of benzene rings is 1. The van der Waals surface area contributed by atoms with E-state index < -0.39 is 0 Å². The molecule has 0 aliphatic heterocycles. The van der Waals surface area contributed by atoms with Crippen LogP contribution < -0.4 is 5.73 Å². The highest BCUT2D eigenvalue weighted by Gasteiger charge is 2.24. The van der Waals surface area contributed by atoms with E-state index in [1.807, 2.05) is 0 Å². The molecule has 0 saturated heterocycles. The van der Waals surface area contributed by atoms with Crippen molar-refractivity contribution in [1.29, 1.82) is 0 Å². The number of nitrogens with two attached hydrogens (primary N) is 1. The fourth-order valence-electron chi connectivity index (χ4n) is 2.73. The first-order valence-corrected chi connectivity index (χ1v) is 7.71. The van der Waals surface area contributed by atoms with E-state index in [-0.39, 0.29) is 12.1 Å². The maximum absolute atomic E-state index is 6.39. The van der Waals surface area contributed by atoms with Crippen LogP contribution in [0.1, 0.15) is 43.9 Å². The Kier molecular flexibility index (Phi) is 6.02. The maximum atomic E-state index is 6.39. The summed E-state index contributed by atoms with van der Waals surface area (Å²) in [5.41, 5.74) is 9.01. The van der Waals surface area contributed by atoms with Crippen LogP contribution in [-0.2, 0) is 15.9 Å². The van der Waals surface area contributed by atoms with E-state index in [0.29, 0.717) is 19.1 Å². The number of rotatable bonds is 6. The summed E-state index contributed by atoms with van der Waals surface area (Å²) >= 11 is 0.